The summed E-state index contributed by atoms with van der Waals surface area (Å²) in [7, 11) is 0. The molecule has 0 unspecified atom stereocenters. The van der Waals surface area contributed by atoms with Gasteiger partial charge in [0.1, 0.15) is 4.88 Å². The van der Waals surface area contributed by atoms with Crippen molar-refractivity contribution in [3.05, 3.63) is 10.6 Å². The molecule has 0 bridgehead atoms. The zero-order valence-corrected chi connectivity index (χ0v) is 15.7. The van der Waals surface area contributed by atoms with Gasteiger partial charge in [-0.25, -0.2) is 0 Å². The molecule has 2 fully saturated rings. The maximum atomic E-state index is 12.9. The lowest BCUT2D eigenvalue weighted by atomic mass is 10.0. The molecule has 0 aromatic carbocycles. The molecule has 1 saturated carbocycles. The fourth-order valence-electron chi connectivity index (χ4n) is 3.50. The van der Waals surface area contributed by atoms with Crippen LogP contribution < -0.4 is 5.32 Å². The molecule has 3 rings (SSSR count). The monoisotopic (exact) mass is 366 g/mol. The van der Waals surface area contributed by atoms with Gasteiger partial charge in [-0.3, -0.25) is 9.59 Å². The summed E-state index contributed by atoms with van der Waals surface area (Å²) < 4.78 is 9.71. The van der Waals surface area contributed by atoms with Gasteiger partial charge in [-0.05, 0) is 37.7 Å². The molecule has 1 aromatic rings. The molecule has 8 heteroatoms. The van der Waals surface area contributed by atoms with Gasteiger partial charge in [-0.2, -0.15) is 0 Å². The summed E-state index contributed by atoms with van der Waals surface area (Å²) in [4.78, 5) is 27.9. The number of ether oxygens (including phenoxy) is 1. The second kappa shape index (κ2) is 7.78. The van der Waals surface area contributed by atoms with Crippen molar-refractivity contribution in [3.63, 3.8) is 0 Å². The van der Waals surface area contributed by atoms with E-state index in [4.69, 9.17) is 4.74 Å². The van der Waals surface area contributed by atoms with Crippen molar-refractivity contribution in [3.8, 4) is 0 Å². The summed E-state index contributed by atoms with van der Waals surface area (Å²) in [6, 6.07) is 0.237. The number of morpholine rings is 1. The van der Waals surface area contributed by atoms with Crippen LogP contribution in [0.15, 0.2) is 0 Å². The highest BCUT2D eigenvalue weighted by molar-refractivity contribution is 7.08. The van der Waals surface area contributed by atoms with Gasteiger partial charge >= 0.3 is 0 Å². The third-order valence-electron chi connectivity index (χ3n) is 4.97. The van der Waals surface area contributed by atoms with Crippen molar-refractivity contribution in [2.45, 2.75) is 64.0 Å². The maximum absolute atomic E-state index is 12.9. The Morgan fingerprint density at radius 2 is 2.16 bits per heavy atom. The summed E-state index contributed by atoms with van der Waals surface area (Å²) in [5.41, 5.74) is -0.249. The number of hydrogen-bond donors (Lipinski definition) is 1. The van der Waals surface area contributed by atoms with Gasteiger partial charge in [-0.15, -0.1) is 5.10 Å². The van der Waals surface area contributed by atoms with Gasteiger partial charge < -0.3 is 15.0 Å². The molecule has 7 nitrogen and oxygen atoms in total. The molecule has 2 heterocycles. The second-order valence-electron chi connectivity index (χ2n) is 7.06. The Labute approximate surface area is 152 Å². The van der Waals surface area contributed by atoms with Gasteiger partial charge in [0.05, 0.1) is 18.8 Å². The van der Waals surface area contributed by atoms with E-state index < -0.39 is 5.60 Å². The van der Waals surface area contributed by atoms with Crippen LogP contribution in [0, 0.1) is 0 Å². The van der Waals surface area contributed by atoms with Crippen LogP contribution >= 0.6 is 11.5 Å². The predicted octanol–water partition coefficient (Wildman–Crippen LogP) is 1.78. The van der Waals surface area contributed by atoms with Crippen LogP contribution in [0.25, 0.3) is 0 Å². The van der Waals surface area contributed by atoms with Crippen molar-refractivity contribution in [2.75, 3.05) is 19.7 Å². The van der Waals surface area contributed by atoms with E-state index in [9.17, 15) is 9.59 Å². The third kappa shape index (κ3) is 4.00. The first-order valence-corrected chi connectivity index (χ1v) is 9.86. The molecule has 138 valence electrons. The first-order chi connectivity index (χ1) is 12.0. The van der Waals surface area contributed by atoms with E-state index in [0.29, 0.717) is 18.0 Å². The lowest BCUT2D eigenvalue weighted by molar-refractivity contribution is -0.154. The molecular formula is C17H26N4O3S. The zero-order chi connectivity index (χ0) is 17.9. The molecule has 0 radical (unpaired) electrons. The van der Waals surface area contributed by atoms with Crippen molar-refractivity contribution in [1.29, 1.82) is 0 Å². The van der Waals surface area contributed by atoms with Gasteiger partial charge in [-0.1, -0.05) is 30.7 Å². The van der Waals surface area contributed by atoms with Gasteiger partial charge in [0.25, 0.3) is 11.8 Å². The number of rotatable bonds is 5. The number of nitrogens with one attached hydrogen (secondary N) is 1. The summed E-state index contributed by atoms with van der Waals surface area (Å²) >= 11 is 1.13. The van der Waals surface area contributed by atoms with Crippen molar-refractivity contribution >= 4 is 23.3 Å². The third-order valence-corrected chi connectivity index (χ3v) is 5.73. The normalized spacial score (nSPS) is 24.5. The van der Waals surface area contributed by atoms with Gasteiger partial charge in [0.2, 0.25) is 0 Å². The number of aryl methyl sites for hydroxylation is 1. The Hall–Kier alpha value is -1.54. The Morgan fingerprint density at radius 3 is 2.88 bits per heavy atom. The summed E-state index contributed by atoms with van der Waals surface area (Å²) in [5, 5.41) is 7.16. The molecular weight excluding hydrogens is 340 g/mol. The predicted molar refractivity (Wildman–Crippen MR) is 94.6 cm³/mol. The lowest BCUT2D eigenvalue weighted by Gasteiger charge is -2.39. The summed E-state index contributed by atoms with van der Waals surface area (Å²) in [6.07, 6.45) is 6.02. The van der Waals surface area contributed by atoms with Gasteiger partial charge in [0, 0.05) is 12.6 Å². The van der Waals surface area contributed by atoms with Crippen molar-refractivity contribution in [1.82, 2.24) is 19.8 Å². The maximum Gasteiger partial charge on any atom is 0.267 e. The van der Waals surface area contributed by atoms with Crippen LogP contribution in [0.2, 0.25) is 0 Å². The molecule has 25 heavy (non-hydrogen) atoms. The van der Waals surface area contributed by atoms with E-state index in [0.717, 1.165) is 55.8 Å². The highest BCUT2D eigenvalue weighted by Crippen LogP contribution is 2.24. The fourth-order valence-corrected chi connectivity index (χ4v) is 4.18. The van der Waals surface area contributed by atoms with Crippen LogP contribution in [0.1, 0.15) is 61.3 Å². The number of carbonyl (C=O) groups excluding carboxylic acids is 2. The second-order valence-corrected chi connectivity index (χ2v) is 7.81. The quantitative estimate of drug-likeness (QED) is 0.859. The van der Waals surface area contributed by atoms with E-state index in [-0.39, 0.29) is 24.4 Å². The Bertz CT molecular complexity index is 629. The summed E-state index contributed by atoms with van der Waals surface area (Å²) in [5.74, 6) is -0.213. The highest BCUT2D eigenvalue weighted by atomic mass is 32.1. The Morgan fingerprint density at radius 1 is 1.40 bits per heavy atom. The summed E-state index contributed by atoms with van der Waals surface area (Å²) in [6.45, 7) is 4.92. The van der Waals surface area contributed by atoms with Crippen LogP contribution in [0.4, 0.5) is 0 Å². The van der Waals surface area contributed by atoms with Crippen molar-refractivity contribution < 1.29 is 14.3 Å². The standard InChI is InChI=1S/C17H26N4O3S/c1-3-6-13-14(25-20-19-13)15(22)21-9-10-24-17(2,11-21)16(23)18-12-7-4-5-8-12/h12H,3-11H2,1-2H3,(H,18,23)/t17-/m1/s1. The van der Waals surface area contributed by atoms with E-state index in [2.05, 4.69) is 14.9 Å². The number of nitrogens with zero attached hydrogens (tertiary/aromatic N) is 3. The first kappa shape index (κ1) is 18.3. The lowest BCUT2D eigenvalue weighted by Crippen LogP contribution is -2.60. The van der Waals surface area contributed by atoms with Crippen LogP contribution in [-0.4, -0.2) is 57.6 Å². The molecule has 1 aliphatic heterocycles. The molecule has 1 N–H and O–H groups in total. The minimum atomic E-state index is -1.00. The Balaban J connectivity index is 1.68. The molecule has 2 amide bonds. The first-order valence-electron chi connectivity index (χ1n) is 9.09. The van der Waals surface area contributed by atoms with E-state index in [1.54, 1.807) is 11.8 Å². The minimum absolute atomic E-state index is 0.0957. The molecule has 1 aromatic heterocycles. The van der Waals surface area contributed by atoms with E-state index in [1.807, 2.05) is 6.92 Å². The molecule has 1 aliphatic carbocycles. The zero-order valence-electron chi connectivity index (χ0n) is 14.9. The number of aromatic nitrogens is 2. The highest BCUT2D eigenvalue weighted by Gasteiger charge is 2.42. The van der Waals surface area contributed by atoms with Crippen LogP contribution in [0.3, 0.4) is 0 Å². The molecule has 1 atom stereocenters. The molecule has 0 spiro atoms. The van der Waals surface area contributed by atoms with Gasteiger partial charge in [0.15, 0.2) is 5.60 Å². The number of amides is 2. The SMILES string of the molecule is CCCc1nnsc1C(=O)N1CCO[C@@](C)(C(=O)NC2CCCC2)C1. The average Bonchev–Trinajstić information content (AvgIpc) is 3.26. The van der Waals surface area contributed by atoms with Crippen molar-refractivity contribution in [2.24, 2.45) is 0 Å². The Kier molecular flexibility index (Phi) is 5.68. The van der Waals surface area contributed by atoms with E-state index >= 15 is 0 Å². The smallest absolute Gasteiger partial charge is 0.267 e. The number of carbonyl (C=O) groups is 2. The average molecular weight is 366 g/mol. The van der Waals surface area contributed by atoms with Crippen LogP contribution in [-0.2, 0) is 16.0 Å². The van der Waals surface area contributed by atoms with Crippen LogP contribution in [0.5, 0.6) is 0 Å². The molecule has 1 saturated heterocycles. The minimum Gasteiger partial charge on any atom is -0.362 e. The van der Waals surface area contributed by atoms with E-state index in [1.165, 1.54) is 0 Å². The topological polar surface area (TPSA) is 84.4 Å². The number of hydrogen-bond acceptors (Lipinski definition) is 6. The molecule has 2 aliphatic rings. The fraction of sp³-hybridized carbons (Fsp3) is 0.765. The largest absolute Gasteiger partial charge is 0.362 e.